The van der Waals surface area contributed by atoms with E-state index in [1.165, 1.54) is 0 Å². The second kappa shape index (κ2) is 13.0. The van der Waals surface area contributed by atoms with Gasteiger partial charge < -0.3 is 24.7 Å². The highest BCUT2D eigenvalue weighted by Gasteiger charge is 2.15. The third-order valence-electron chi connectivity index (χ3n) is 4.51. The van der Waals surface area contributed by atoms with Gasteiger partial charge in [-0.3, -0.25) is 0 Å². The van der Waals surface area contributed by atoms with Crippen LogP contribution in [0.15, 0.2) is 4.99 Å². The summed E-state index contributed by atoms with van der Waals surface area (Å²) in [4.78, 5) is 4.65. The Morgan fingerprint density at radius 1 is 1.33 bits per heavy atom. The molecule has 0 aliphatic carbocycles. The van der Waals surface area contributed by atoms with Gasteiger partial charge in [0.2, 0.25) is 0 Å². The van der Waals surface area contributed by atoms with Gasteiger partial charge in [-0.15, -0.1) is 10.2 Å². The van der Waals surface area contributed by atoms with Crippen LogP contribution in [0.1, 0.15) is 30.9 Å². The number of nitrogens with zero attached hydrogens (tertiary/aromatic N) is 4. The van der Waals surface area contributed by atoms with E-state index in [1.54, 1.807) is 0 Å². The van der Waals surface area contributed by atoms with Crippen molar-refractivity contribution in [2.24, 2.45) is 18.0 Å². The van der Waals surface area contributed by atoms with E-state index < -0.39 is 0 Å². The van der Waals surface area contributed by atoms with E-state index in [0.29, 0.717) is 12.5 Å². The second-order valence-corrected chi connectivity index (χ2v) is 7.73. The van der Waals surface area contributed by atoms with Crippen molar-refractivity contribution in [3.63, 3.8) is 0 Å². The molecule has 1 unspecified atom stereocenters. The first-order valence-corrected chi connectivity index (χ1v) is 11.1. The van der Waals surface area contributed by atoms with Gasteiger partial charge in [-0.25, -0.2) is 4.99 Å². The van der Waals surface area contributed by atoms with Gasteiger partial charge in [0.25, 0.3) is 0 Å². The van der Waals surface area contributed by atoms with Gasteiger partial charge in [0.1, 0.15) is 12.4 Å². The molecule has 0 aromatic carbocycles. The Morgan fingerprint density at radius 2 is 2.15 bits per heavy atom. The van der Waals surface area contributed by atoms with Crippen molar-refractivity contribution in [3.05, 3.63) is 11.6 Å². The third-order valence-corrected chi connectivity index (χ3v) is 5.21. The molecule has 0 spiro atoms. The topological polar surface area (TPSA) is 85.6 Å². The molecule has 27 heavy (non-hydrogen) atoms. The van der Waals surface area contributed by atoms with Crippen LogP contribution in [0, 0.1) is 12.8 Å². The number of thioether (sulfide) groups is 1. The molecule has 1 aliphatic heterocycles. The van der Waals surface area contributed by atoms with Crippen LogP contribution in [-0.2, 0) is 23.1 Å². The quantitative estimate of drug-likeness (QED) is 0.312. The molecule has 2 heterocycles. The molecular formula is C18H34N6O2S. The minimum atomic E-state index is 0.507. The van der Waals surface area contributed by atoms with E-state index in [-0.39, 0.29) is 0 Å². The smallest absolute Gasteiger partial charge is 0.191 e. The Balaban J connectivity index is 1.69. The Bertz CT molecular complexity index is 560. The van der Waals surface area contributed by atoms with Crippen LogP contribution in [0.25, 0.3) is 0 Å². The van der Waals surface area contributed by atoms with Crippen LogP contribution in [0.4, 0.5) is 0 Å². The first-order chi connectivity index (χ1) is 13.2. The molecule has 1 aromatic heterocycles. The molecule has 2 rings (SSSR count). The van der Waals surface area contributed by atoms with Crippen molar-refractivity contribution in [1.29, 1.82) is 0 Å². The normalized spacial score (nSPS) is 17.4. The highest BCUT2D eigenvalue weighted by atomic mass is 32.2. The van der Waals surface area contributed by atoms with Gasteiger partial charge in [-0.1, -0.05) is 0 Å². The highest BCUT2D eigenvalue weighted by molar-refractivity contribution is 7.98. The summed E-state index contributed by atoms with van der Waals surface area (Å²) < 4.78 is 13.1. The molecule has 1 aliphatic rings. The fourth-order valence-electron chi connectivity index (χ4n) is 2.68. The zero-order valence-corrected chi connectivity index (χ0v) is 17.7. The summed E-state index contributed by atoms with van der Waals surface area (Å²) in [6.45, 7) is 7.46. The number of aryl methyl sites for hydroxylation is 1. The molecule has 0 amide bonds. The van der Waals surface area contributed by atoms with Crippen LogP contribution in [0.3, 0.4) is 0 Å². The van der Waals surface area contributed by atoms with Crippen LogP contribution < -0.4 is 10.6 Å². The second-order valence-electron chi connectivity index (χ2n) is 6.75. The van der Waals surface area contributed by atoms with Gasteiger partial charge in [0.05, 0.1) is 13.2 Å². The molecule has 1 atom stereocenters. The van der Waals surface area contributed by atoms with Gasteiger partial charge in [0, 0.05) is 39.3 Å². The van der Waals surface area contributed by atoms with Gasteiger partial charge in [0.15, 0.2) is 11.8 Å². The van der Waals surface area contributed by atoms with Crippen LogP contribution in [-0.4, -0.2) is 72.2 Å². The number of aromatic nitrogens is 3. The number of ether oxygens (including phenoxy) is 2. The lowest BCUT2D eigenvalue weighted by molar-refractivity contribution is 0.0888. The summed E-state index contributed by atoms with van der Waals surface area (Å²) in [5.41, 5.74) is 0. The number of hydrogen-bond acceptors (Lipinski definition) is 6. The highest BCUT2D eigenvalue weighted by Crippen LogP contribution is 2.12. The standard InChI is InChI=1S/C18H34N6O2S/c1-15-22-23-17(24(15)2)12-21-18(20-8-5-11-27-3)19-7-4-9-25-13-16-6-10-26-14-16/h16H,4-14H2,1-3H3,(H2,19,20,21). The number of hydrogen-bond donors (Lipinski definition) is 2. The Kier molecular flexibility index (Phi) is 10.5. The molecule has 1 fully saturated rings. The fraction of sp³-hybridized carbons (Fsp3) is 0.833. The maximum absolute atomic E-state index is 5.76. The zero-order chi connectivity index (χ0) is 19.3. The van der Waals surface area contributed by atoms with E-state index >= 15 is 0 Å². The summed E-state index contributed by atoms with van der Waals surface area (Å²) in [6.07, 6.45) is 5.30. The van der Waals surface area contributed by atoms with Crippen molar-refractivity contribution >= 4 is 17.7 Å². The van der Waals surface area contributed by atoms with Crippen molar-refractivity contribution in [2.45, 2.75) is 32.7 Å². The summed E-state index contributed by atoms with van der Waals surface area (Å²) in [5, 5.41) is 15.0. The van der Waals surface area contributed by atoms with E-state index in [0.717, 1.165) is 82.1 Å². The molecule has 1 aromatic rings. The van der Waals surface area contributed by atoms with Gasteiger partial charge in [-0.05, 0) is 38.2 Å². The zero-order valence-electron chi connectivity index (χ0n) is 16.9. The molecule has 0 radical (unpaired) electrons. The molecule has 0 saturated carbocycles. The maximum atomic E-state index is 5.76. The van der Waals surface area contributed by atoms with Crippen molar-refractivity contribution < 1.29 is 9.47 Å². The monoisotopic (exact) mass is 398 g/mol. The number of aliphatic imine (C=N–C) groups is 1. The van der Waals surface area contributed by atoms with Crippen molar-refractivity contribution in [2.75, 3.05) is 51.5 Å². The summed E-state index contributed by atoms with van der Waals surface area (Å²) in [5.74, 6) is 4.29. The maximum Gasteiger partial charge on any atom is 0.191 e. The fourth-order valence-corrected chi connectivity index (χ4v) is 3.11. The summed E-state index contributed by atoms with van der Waals surface area (Å²) in [7, 11) is 1.96. The largest absolute Gasteiger partial charge is 0.381 e. The minimum absolute atomic E-state index is 0.507. The lowest BCUT2D eigenvalue weighted by Gasteiger charge is -2.13. The SMILES string of the molecule is CSCCCNC(=NCc1nnc(C)n1C)NCCCOCC1CCOC1. The van der Waals surface area contributed by atoms with Crippen LogP contribution in [0.2, 0.25) is 0 Å². The number of nitrogens with one attached hydrogen (secondary N) is 2. The lowest BCUT2D eigenvalue weighted by atomic mass is 10.1. The summed E-state index contributed by atoms with van der Waals surface area (Å²) >= 11 is 1.86. The van der Waals surface area contributed by atoms with E-state index in [2.05, 4.69) is 32.1 Å². The Hall–Kier alpha value is -1.32. The molecular weight excluding hydrogens is 364 g/mol. The van der Waals surface area contributed by atoms with Crippen LogP contribution >= 0.6 is 11.8 Å². The minimum Gasteiger partial charge on any atom is -0.381 e. The molecule has 2 N–H and O–H groups in total. The van der Waals surface area contributed by atoms with E-state index in [4.69, 9.17) is 9.47 Å². The molecule has 154 valence electrons. The number of guanidine groups is 1. The molecule has 9 heteroatoms. The van der Waals surface area contributed by atoms with Gasteiger partial charge >= 0.3 is 0 Å². The Morgan fingerprint density at radius 3 is 2.81 bits per heavy atom. The van der Waals surface area contributed by atoms with Crippen molar-refractivity contribution in [3.8, 4) is 0 Å². The average molecular weight is 399 g/mol. The molecule has 1 saturated heterocycles. The van der Waals surface area contributed by atoms with E-state index in [1.807, 2.05) is 30.3 Å². The predicted molar refractivity (Wildman–Crippen MR) is 110 cm³/mol. The Labute approximate surface area is 166 Å². The first-order valence-electron chi connectivity index (χ1n) is 9.72. The third kappa shape index (κ3) is 8.49. The predicted octanol–water partition coefficient (Wildman–Crippen LogP) is 1.36. The van der Waals surface area contributed by atoms with Crippen LogP contribution in [0.5, 0.6) is 0 Å². The first kappa shape index (κ1) is 22.0. The summed E-state index contributed by atoms with van der Waals surface area (Å²) in [6, 6.07) is 0. The molecule has 0 bridgehead atoms. The van der Waals surface area contributed by atoms with Gasteiger partial charge in [-0.2, -0.15) is 11.8 Å². The molecule has 8 nitrogen and oxygen atoms in total. The average Bonchev–Trinajstić information content (AvgIpc) is 3.30. The van der Waals surface area contributed by atoms with E-state index in [9.17, 15) is 0 Å². The lowest BCUT2D eigenvalue weighted by Crippen LogP contribution is -2.39. The van der Waals surface area contributed by atoms with Crippen molar-refractivity contribution in [1.82, 2.24) is 25.4 Å². The number of rotatable bonds is 12.